The molecular weight excluding hydrogens is 538 g/mol. The summed E-state index contributed by atoms with van der Waals surface area (Å²) in [6, 6.07) is 9.25. The van der Waals surface area contributed by atoms with Crippen molar-refractivity contribution < 1.29 is 23.0 Å². The standard InChI is InChI=1S/C28H28F2N6O3S/c1-28(2,3)39-27(37)35-11-9-34(10-12-35)23-7-6-21-24(33-23)25-17(8-13-38-21)14-22(40-25)26-31-16-32-36(26)20-5-4-18(29)15-19(20)30/h4-7,14-16H,8-13H2,1-3H3. The molecule has 0 bridgehead atoms. The summed E-state index contributed by atoms with van der Waals surface area (Å²) < 4.78 is 41.0. The molecule has 2 aliphatic rings. The van der Waals surface area contributed by atoms with Gasteiger partial charge in [-0.15, -0.1) is 11.3 Å². The first-order valence-corrected chi connectivity index (χ1v) is 13.8. The second kappa shape index (κ2) is 10.2. The summed E-state index contributed by atoms with van der Waals surface area (Å²) in [5.41, 5.74) is 1.36. The highest BCUT2D eigenvalue weighted by atomic mass is 32.1. The van der Waals surface area contributed by atoms with E-state index in [2.05, 4.69) is 15.0 Å². The van der Waals surface area contributed by atoms with E-state index in [1.807, 2.05) is 39.0 Å². The van der Waals surface area contributed by atoms with Crippen LogP contribution in [0.5, 0.6) is 5.75 Å². The number of hydrogen-bond donors (Lipinski definition) is 0. The van der Waals surface area contributed by atoms with E-state index >= 15 is 0 Å². The highest BCUT2D eigenvalue weighted by Crippen LogP contribution is 2.43. The van der Waals surface area contributed by atoms with E-state index in [0.717, 1.165) is 32.9 Å². The van der Waals surface area contributed by atoms with Gasteiger partial charge < -0.3 is 19.3 Å². The Kier molecular flexibility index (Phi) is 6.65. The van der Waals surface area contributed by atoms with Crippen LogP contribution in [0.2, 0.25) is 0 Å². The van der Waals surface area contributed by atoms with E-state index in [4.69, 9.17) is 14.5 Å². The molecule has 0 atom stereocenters. The van der Waals surface area contributed by atoms with E-state index in [0.29, 0.717) is 50.8 Å². The number of ether oxygens (including phenoxy) is 2. The van der Waals surface area contributed by atoms with Gasteiger partial charge in [-0.2, -0.15) is 5.10 Å². The molecule has 208 valence electrons. The third-order valence-electron chi connectivity index (χ3n) is 6.66. The number of halogens is 2. The van der Waals surface area contributed by atoms with Gasteiger partial charge in [0.15, 0.2) is 11.6 Å². The second-order valence-electron chi connectivity index (χ2n) is 10.6. The molecule has 3 aromatic heterocycles. The molecule has 0 radical (unpaired) electrons. The van der Waals surface area contributed by atoms with Gasteiger partial charge in [0.1, 0.15) is 40.7 Å². The van der Waals surface area contributed by atoms with Crippen molar-refractivity contribution in [3.8, 4) is 32.7 Å². The van der Waals surface area contributed by atoms with Crippen molar-refractivity contribution in [1.82, 2.24) is 24.6 Å². The number of amides is 1. The van der Waals surface area contributed by atoms with Gasteiger partial charge in [0, 0.05) is 38.7 Å². The van der Waals surface area contributed by atoms with Crippen molar-refractivity contribution >= 4 is 23.2 Å². The third-order valence-corrected chi connectivity index (χ3v) is 7.84. The average Bonchev–Trinajstić information content (AvgIpc) is 3.52. The zero-order valence-corrected chi connectivity index (χ0v) is 23.2. The topological polar surface area (TPSA) is 85.6 Å². The summed E-state index contributed by atoms with van der Waals surface area (Å²) >= 11 is 1.48. The highest BCUT2D eigenvalue weighted by Gasteiger charge is 2.28. The molecule has 5 heterocycles. The maximum Gasteiger partial charge on any atom is 0.410 e. The average molecular weight is 567 g/mol. The maximum absolute atomic E-state index is 14.6. The van der Waals surface area contributed by atoms with Crippen LogP contribution in [0, 0.1) is 11.6 Å². The zero-order chi connectivity index (χ0) is 28.0. The number of benzene rings is 1. The van der Waals surface area contributed by atoms with Crippen LogP contribution in [0.4, 0.5) is 19.4 Å². The lowest BCUT2D eigenvalue weighted by Gasteiger charge is -2.36. The minimum absolute atomic E-state index is 0.118. The molecule has 0 aliphatic carbocycles. The van der Waals surface area contributed by atoms with E-state index in [1.165, 1.54) is 34.5 Å². The molecule has 1 fully saturated rings. The van der Waals surface area contributed by atoms with E-state index in [1.54, 1.807) is 4.90 Å². The van der Waals surface area contributed by atoms with Crippen LogP contribution in [-0.4, -0.2) is 69.1 Å². The summed E-state index contributed by atoms with van der Waals surface area (Å²) in [5, 5.41) is 4.20. The molecule has 1 aromatic carbocycles. The van der Waals surface area contributed by atoms with Gasteiger partial charge in [0.25, 0.3) is 0 Å². The summed E-state index contributed by atoms with van der Waals surface area (Å²) in [5.74, 6) is 0.567. The first kappa shape index (κ1) is 26.2. The number of fused-ring (bicyclic) bond motifs is 3. The Bertz CT molecular complexity index is 1570. The van der Waals surface area contributed by atoms with Gasteiger partial charge in [-0.25, -0.2) is 28.2 Å². The summed E-state index contributed by atoms with van der Waals surface area (Å²) in [7, 11) is 0. The minimum Gasteiger partial charge on any atom is -0.491 e. The van der Waals surface area contributed by atoms with E-state index < -0.39 is 17.2 Å². The van der Waals surface area contributed by atoms with Gasteiger partial charge >= 0.3 is 6.09 Å². The summed E-state index contributed by atoms with van der Waals surface area (Å²) in [6.07, 6.45) is 1.72. The van der Waals surface area contributed by atoms with Crippen molar-refractivity contribution in [1.29, 1.82) is 0 Å². The van der Waals surface area contributed by atoms with Crippen molar-refractivity contribution in [3.05, 3.63) is 59.9 Å². The third kappa shape index (κ3) is 5.10. The fourth-order valence-electron chi connectivity index (χ4n) is 4.77. The number of pyridine rings is 1. The van der Waals surface area contributed by atoms with Crippen molar-refractivity contribution in [2.45, 2.75) is 32.8 Å². The molecule has 0 spiro atoms. The number of thiophene rings is 1. The number of anilines is 1. The Morgan fingerprint density at radius 2 is 1.88 bits per heavy atom. The van der Waals surface area contributed by atoms with Gasteiger partial charge in [-0.1, -0.05) is 0 Å². The lowest BCUT2D eigenvalue weighted by molar-refractivity contribution is 0.0240. The summed E-state index contributed by atoms with van der Waals surface area (Å²) in [6.45, 7) is 8.39. The number of hydrogen-bond acceptors (Lipinski definition) is 8. The quantitative estimate of drug-likeness (QED) is 0.332. The molecule has 0 unspecified atom stereocenters. The Hall–Kier alpha value is -4.06. The van der Waals surface area contributed by atoms with Crippen LogP contribution in [-0.2, 0) is 11.2 Å². The van der Waals surface area contributed by atoms with Crippen LogP contribution < -0.4 is 9.64 Å². The Balaban J connectivity index is 1.28. The van der Waals surface area contributed by atoms with Gasteiger partial charge in [0.2, 0.25) is 0 Å². The zero-order valence-electron chi connectivity index (χ0n) is 22.4. The van der Waals surface area contributed by atoms with E-state index in [-0.39, 0.29) is 11.8 Å². The van der Waals surface area contributed by atoms with Crippen LogP contribution in [0.3, 0.4) is 0 Å². The van der Waals surface area contributed by atoms with Gasteiger partial charge in [0.05, 0.1) is 16.4 Å². The van der Waals surface area contributed by atoms with Crippen molar-refractivity contribution in [2.24, 2.45) is 0 Å². The molecule has 2 aliphatic heterocycles. The number of piperazine rings is 1. The predicted molar refractivity (Wildman–Crippen MR) is 147 cm³/mol. The van der Waals surface area contributed by atoms with E-state index in [9.17, 15) is 13.6 Å². The minimum atomic E-state index is -0.721. The Morgan fingerprint density at radius 1 is 1.07 bits per heavy atom. The molecular formula is C28H28F2N6O3S. The van der Waals surface area contributed by atoms with Crippen molar-refractivity contribution in [3.63, 3.8) is 0 Å². The molecule has 0 saturated carbocycles. The largest absolute Gasteiger partial charge is 0.491 e. The summed E-state index contributed by atoms with van der Waals surface area (Å²) in [4.78, 5) is 27.5. The molecule has 0 N–H and O–H groups in total. The fourth-order valence-corrected chi connectivity index (χ4v) is 5.96. The number of carbonyl (C=O) groups excluding carboxylic acids is 1. The molecule has 1 amide bonds. The maximum atomic E-state index is 14.6. The number of carbonyl (C=O) groups is 1. The van der Waals surface area contributed by atoms with Gasteiger partial charge in [-0.05, 0) is 56.7 Å². The van der Waals surface area contributed by atoms with Crippen LogP contribution >= 0.6 is 11.3 Å². The first-order chi connectivity index (χ1) is 19.2. The van der Waals surface area contributed by atoms with Crippen LogP contribution in [0.15, 0.2) is 42.7 Å². The SMILES string of the molecule is CC(C)(C)OC(=O)N1CCN(c2ccc3c(n2)-c2sc(-c4ncnn4-c4ccc(F)cc4F)cc2CCO3)CC1. The molecule has 9 nitrogen and oxygen atoms in total. The molecule has 1 saturated heterocycles. The molecule has 6 rings (SSSR count). The molecule has 4 aromatic rings. The highest BCUT2D eigenvalue weighted by molar-refractivity contribution is 7.19. The van der Waals surface area contributed by atoms with Gasteiger partial charge in [-0.3, -0.25) is 0 Å². The smallest absolute Gasteiger partial charge is 0.410 e. The van der Waals surface area contributed by atoms with Crippen molar-refractivity contribution in [2.75, 3.05) is 37.7 Å². The Morgan fingerprint density at radius 3 is 2.62 bits per heavy atom. The van der Waals surface area contributed by atoms with Crippen LogP contribution in [0.1, 0.15) is 26.3 Å². The number of nitrogens with zero attached hydrogens (tertiary/aromatic N) is 6. The fraction of sp³-hybridized carbons (Fsp3) is 0.357. The first-order valence-electron chi connectivity index (χ1n) is 13.0. The van der Waals surface area contributed by atoms with Crippen LogP contribution in [0.25, 0.3) is 27.0 Å². The predicted octanol–water partition coefficient (Wildman–Crippen LogP) is 5.33. The monoisotopic (exact) mass is 566 g/mol. The lowest BCUT2D eigenvalue weighted by atomic mass is 10.1. The Labute approximate surface area is 234 Å². The molecule has 12 heteroatoms. The molecule has 40 heavy (non-hydrogen) atoms. The second-order valence-corrected chi connectivity index (χ2v) is 11.7. The number of rotatable bonds is 3. The number of aromatic nitrogens is 4. The normalized spacial score (nSPS) is 15.2. The lowest BCUT2D eigenvalue weighted by Crippen LogP contribution is -2.50.